The summed E-state index contributed by atoms with van der Waals surface area (Å²) in [5, 5.41) is 8.92. The number of halogens is 1. The average Bonchev–Trinajstić information content (AvgIpc) is 3.12. The highest BCUT2D eigenvalue weighted by Gasteiger charge is 2.30. The van der Waals surface area contributed by atoms with Crippen LogP contribution >= 0.6 is 11.6 Å². The van der Waals surface area contributed by atoms with Gasteiger partial charge in [0.2, 0.25) is 11.8 Å². The number of carbonyl (C=O) groups excluding carboxylic acids is 1. The Bertz CT molecular complexity index is 778. The Balaban J connectivity index is 1.57. The van der Waals surface area contributed by atoms with Crippen molar-refractivity contribution in [3.8, 4) is 0 Å². The van der Waals surface area contributed by atoms with Crippen molar-refractivity contribution in [2.75, 3.05) is 31.1 Å². The number of benzene rings is 1. The third kappa shape index (κ3) is 4.61. The summed E-state index contributed by atoms with van der Waals surface area (Å²) in [4.78, 5) is 16.8. The van der Waals surface area contributed by atoms with Crippen molar-refractivity contribution in [3.05, 3.63) is 40.7 Å². The van der Waals surface area contributed by atoms with E-state index in [0.29, 0.717) is 49.5 Å². The van der Waals surface area contributed by atoms with Crippen LogP contribution in [-0.2, 0) is 10.2 Å². The van der Waals surface area contributed by atoms with Crippen molar-refractivity contribution in [3.63, 3.8) is 0 Å². The summed E-state index contributed by atoms with van der Waals surface area (Å²) in [6.45, 7) is 11.0. The number of rotatable bonds is 5. The van der Waals surface area contributed by atoms with E-state index in [-0.39, 0.29) is 17.2 Å². The van der Waals surface area contributed by atoms with E-state index >= 15 is 0 Å². The molecule has 1 aliphatic heterocycles. The fourth-order valence-corrected chi connectivity index (χ4v) is 3.35. The van der Waals surface area contributed by atoms with Crippen LogP contribution in [-0.4, -0.2) is 47.2 Å². The zero-order valence-electron chi connectivity index (χ0n) is 16.4. The van der Waals surface area contributed by atoms with Crippen LogP contribution in [0.2, 0.25) is 5.02 Å². The number of anilines is 1. The molecule has 0 saturated carbocycles. The second-order valence-corrected chi connectivity index (χ2v) is 8.45. The second-order valence-electron chi connectivity index (χ2n) is 8.01. The molecule has 146 valence electrons. The largest absolute Gasteiger partial charge is 0.408 e. The molecule has 2 heterocycles. The minimum absolute atomic E-state index is 0.169. The second kappa shape index (κ2) is 7.89. The lowest BCUT2D eigenvalue weighted by Gasteiger charge is -2.35. The number of hydrogen-bond acceptors (Lipinski definition) is 5. The third-order valence-corrected chi connectivity index (χ3v) is 5.30. The normalized spacial score (nSPS) is 15.5. The molecule has 0 spiro atoms. The van der Waals surface area contributed by atoms with Crippen LogP contribution < -0.4 is 4.90 Å². The molecule has 1 aromatic carbocycles. The molecule has 1 fully saturated rings. The maximum absolute atomic E-state index is 12.8. The van der Waals surface area contributed by atoms with Crippen LogP contribution in [0.3, 0.4) is 0 Å². The molecule has 3 rings (SSSR count). The predicted molar refractivity (Wildman–Crippen MR) is 106 cm³/mol. The number of aromatic nitrogens is 2. The van der Waals surface area contributed by atoms with E-state index in [1.807, 2.05) is 47.9 Å². The highest BCUT2D eigenvalue weighted by atomic mass is 35.5. The number of hydrogen-bond donors (Lipinski definition) is 0. The van der Waals surface area contributed by atoms with Crippen molar-refractivity contribution in [2.24, 2.45) is 0 Å². The molecule has 0 N–H and O–H groups in total. The zero-order chi connectivity index (χ0) is 19.6. The van der Waals surface area contributed by atoms with E-state index in [9.17, 15) is 4.79 Å². The van der Waals surface area contributed by atoms with Gasteiger partial charge in [-0.25, -0.2) is 0 Å². The fraction of sp³-hybridized carbons (Fsp3) is 0.550. The van der Waals surface area contributed by atoms with Crippen molar-refractivity contribution in [2.45, 2.75) is 45.4 Å². The first-order valence-electron chi connectivity index (χ1n) is 9.38. The van der Waals surface area contributed by atoms with Crippen molar-refractivity contribution >= 4 is 23.5 Å². The minimum Gasteiger partial charge on any atom is -0.408 e. The van der Waals surface area contributed by atoms with Crippen molar-refractivity contribution in [1.82, 2.24) is 15.1 Å². The molecular formula is C20H27ClN4O2. The molecule has 0 aliphatic carbocycles. The fourth-order valence-electron chi connectivity index (χ4n) is 3.23. The SMILES string of the molecule is CC(C)c1nnc(N2CCN(C(=O)CC(C)(C)c3ccc(Cl)cc3)CC2)o1. The molecule has 1 amide bonds. The van der Waals surface area contributed by atoms with Crippen LogP contribution in [0.5, 0.6) is 0 Å². The van der Waals surface area contributed by atoms with Crippen molar-refractivity contribution in [1.29, 1.82) is 0 Å². The van der Waals surface area contributed by atoms with E-state index < -0.39 is 0 Å². The Labute approximate surface area is 165 Å². The topological polar surface area (TPSA) is 62.5 Å². The Hall–Kier alpha value is -2.08. The molecule has 0 bridgehead atoms. The maximum Gasteiger partial charge on any atom is 0.318 e. The molecule has 7 heteroatoms. The average molecular weight is 391 g/mol. The van der Waals surface area contributed by atoms with E-state index in [2.05, 4.69) is 24.0 Å². The minimum atomic E-state index is -0.239. The highest BCUT2D eigenvalue weighted by Crippen LogP contribution is 2.29. The molecule has 6 nitrogen and oxygen atoms in total. The maximum atomic E-state index is 12.8. The molecule has 0 unspecified atom stereocenters. The van der Waals surface area contributed by atoms with Gasteiger partial charge in [0.15, 0.2) is 0 Å². The lowest BCUT2D eigenvalue weighted by atomic mass is 9.81. The molecule has 1 aliphatic rings. The van der Waals surface area contributed by atoms with Gasteiger partial charge in [-0.05, 0) is 23.1 Å². The summed E-state index contributed by atoms with van der Waals surface area (Å²) in [6.07, 6.45) is 0.465. The molecule has 1 saturated heterocycles. The number of carbonyl (C=O) groups is 1. The third-order valence-electron chi connectivity index (χ3n) is 5.05. The van der Waals surface area contributed by atoms with Gasteiger partial charge in [0.1, 0.15) is 0 Å². The monoisotopic (exact) mass is 390 g/mol. The van der Waals surface area contributed by atoms with Gasteiger partial charge in [0, 0.05) is 43.5 Å². The van der Waals surface area contributed by atoms with E-state index in [4.69, 9.17) is 16.0 Å². The van der Waals surface area contributed by atoms with Crippen LogP contribution in [0.25, 0.3) is 0 Å². The summed E-state index contributed by atoms with van der Waals surface area (Å²) in [5.41, 5.74) is 0.878. The molecule has 2 aromatic rings. The van der Waals surface area contributed by atoms with E-state index in [0.717, 1.165) is 5.56 Å². The number of amides is 1. The van der Waals surface area contributed by atoms with Crippen LogP contribution in [0.1, 0.15) is 51.5 Å². The molecular weight excluding hydrogens is 364 g/mol. The number of nitrogens with zero attached hydrogens (tertiary/aromatic N) is 4. The van der Waals surface area contributed by atoms with Gasteiger partial charge in [-0.1, -0.05) is 56.5 Å². The van der Waals surface area contributed by atoms with Crippen molar-refractivity contribution < 1.29 is 9.21 Å². The summed E-state index contributed by atoms with van der Waals surface area (Å²) < 4.78 is 5.72. The zero-order valence-corrected chi connectivity index (χ0v) is 17.2. The van der Waals surface area contributed by atoms with Crippen LogP contribution in [0.4, 0.5) is 6.01 Å². The smallest absolute Gasteiger partial charge is 0.318 e. The first-order chi connectivity index (χ1) is 12.8. The van der Waals surface area contributed by atoms with Gasteiger partial charge < -0.3 is 14.2 Å². The Morgan fingerprint density at radius 2 is 1.78 bits per heavy atom. The van der Waals surface area contributed by atoms with Gasteiger partial charge in [0.25, 0.3) is 0 Å². The van der Waals surface area contributed by atoms with Gasteiger partial charge in [0.05, 0.1) is 0 Å². The van der Waals surface area contributed by atoms with Gasteiger partial charge in [-0.15, -0.1) is 5.10 Å². The molecule has 0 atom stereocenters. The summed E-state index contributed by atoms with van der Waals surface area (Å²) in [6, 6.07) is 8.28. The Morgan fingerprint density at radius 1 is 1.15 bits per heavy atom. The summed E-state index contributed by atoms with van der Waals surface area (Å²) in [5.74, 6) is 1.03. The van der Waals surface area contributed by atoms with E-state index in [1.165, 1.54) is 0 Å². The van der Waals surface area contributed by atoms with Gasteiger partial charge in [-0.2, -0.15) is 0 Å². The Kier molecular flexibility index (Phi) is 5.75. The highest BCUT2D eigenvalue weighted by molar-refractivity contribution is 6.30. The first kappa shape index (κ1) is 19.7. The van der Waals surface area contributed by atoms with Crippen LogP contribution in [0.15, 0.2) is 28.7 Å². The molecule has 1 aromatic heterocycles. The standard InChI is InChI=1S/C20H27ClN4O2/c1-14(2)18-22-23-19(27-18)25-11-9-24(10-12-25)17(26)13-20(3,4)15-5-7-16(21)8-6-15/h5-8,14H,9-13H2,1-4H3. The van der Waals surface area contributed by atoms with E-state index in [1.54, 1.807) is 0 Å². The molecule has 0 radical (unpaired) electrons. The lowest BCUT2D eigenvalue weighted by molar-refractivity contribution is -0.132. The first-order valence-corrected chi connectivity index (χ1v) is 9.76. The van der Waals surface area contributed by atoms with Gasteiger partial charge in [-0.3, -0.25) is 4.79 Å². The quantitative estimate of drug-likeness (QED) is 0.775. The Morgan fingerprint density at radius 3 is 2.33 bits per heavy atom. The predicted octanol–water partition coefficient (Wildman–Crippen LogP) is 3.86. The number of piperazine rings is 1. The molecule has 27 heavy (non-hydrogen) atoms. The summed E-state index contributed by atoms with van der Waals surface area (Å²) in [7, 11) is 0. The lowest BCUT2D eigenvalue weighted by Crippen LogP contribution is -2.49. The van der Waals surface area contributed by atoms with Gasteiger partial charge >= 0.3 is 6.01 Å². The van der Waals surface area contributed by atoms with Crippen LogP contribution in [0, 0.1) is 0 Å². The summed E-state index contributed by atoms with van der Waals surface area (Å²) >= 11 is 5.98.